The van der Waals surface area contributed by atoms with Crippen LogP contribution in [-0.4, -0.2) is 54.4 Å². The van der Waals surface area contributed by atoms with E-state index in [4.69, 9.17) is 10.5 Å². The van der Waals surface area contributed by atoms with Gasteiger partial charge in [-0.15, -0.1) is 0 Å². The van der Waals surface area contributed by atoms with Crippen LogP contribution in [-0.2, 0) is 4.79 Å². The number of nitrogens with one attached hydrogen (secondary N) is 1. The fourth-order valence-corrected chi connectivity index (χ4v) is 4.88. The monoisotopic (exact) mass is 579 g/mol. The number of aromatic hydroxyl groups is 1. The SMILES string of the molecule is C[N+]([O-])(C/C=C/C(=O)Nc1cccc(-n2c(=O)n(-c3ccc(Oc4ccc(O)cc4)cc3)c3c(N)ncnc32)c1)C1CC1. The third kappa shape index (κ3) is 5.82. The highest BCUT2D eigenvalue weighted by molar-refractivity contribution is 5.99. The Kier molecular flexibility index (Phi) is 7.14. The molecule has 0 aliphatic heterocycles. The van der Waals surface area contributed by atoms with E-state index in [2.05, 4.69) is 15.3 Å². The largest absolute Gasteiger partial charge is 0.633 e. The van der Waals surface area contributed by atoms with E-state index in [0.29, 0.717) is 34.1 Å². The minimum Gasteiger partial charge on any atom is -0.633 e. The number of phenolic OH excluding ortho intramolecular Hbond substituents is 1. The summed E-state index contributed by atoms with van der Waals surface area (Å²) in [5, 5.41) is 24.7. The van der Waals surface area contributed by atoms with Gasteiger partial charge in [-0.3, -0.25) is 9.36 Å². The molecule has 0 bridgehead atoms. The summed E-state index contributed by atoms with van der Waals surface area (Å²) in [5.41, 5.74) is 7.84. The van der Waals surface area contributed by atoms with E-state index in [0.717, 1.165) is 12.8 Å². The summed E-state index contributed by atoms with van der Waals surface area (Å²) in [6.07, 6.45) is 6.06. The molecule has 5 aromatic rings. The molecule has 1 aliphatic rings. The summed E-state index contributed by atoms with van der Waals surface area (Å²) in [4.78, 5) is 34.9. The van der Waals surface area contributed by atoms with E-state index in [1.807, 2.05) is 0 Å². The first-order valence-corrected chi connectivity index (χ1v) is 13.6. The highest BCUT2D eigenvalue weighted by atomic mass is 16.5. The van der Waals surface area contributed by atoms with Gasteiger partial charge in [-0.25, -0.2) is 19.3 Å². The summed E-state index contributed by atoms with van der Waals surface area (Å²) in [6.45, 7) is 0.220. The first-order valence-electron chi connectivity index (χ1n) is 13.6. The van der Waals surface area contributed by atoms with Gasteiger partial charge in [0.25, 0.3) is 0 Å². The maximum absolute atomic E-state index is 13.9. The van der Waals surface area contributed by atoms with Gasteiger partial charge in [0.05, 0.1) is 31.0 Å². The molecule has 1 aliphatic carbocycles. The van der Waals surface area contributed by atoms with E-state index >= 15 is 0 Å². The lowest BCUT2D eigenvalue weighted by Crippen LogP contribution is -2.39. The van der Waals surface area contributed by atoms with Crippen molar-refractivity contribution in [1.29, 1.82) is 0 Å². The number of anilines is 2. The predicted molar refractivity (Wildman–Crippen MR) is 162 cm³/mol. The van der Waals surface area contributed by atoms with Crippen molar-refractivity contribution in [2.45, 2.75) is 18.9 Å². The van der Waals surface area contributed by atoms with E-state index in [-0.39, 0.29) is 40.4 Å². The van der Waals surface area contributed by atoms with Crippen LogP contribution in [0.1, 0.15) is 12.8 Å². The number of amides is 1. The molecule has 1 unspecified atom stereocenters. The van der Waals surface area contributed by atoms with Crippen molar-refractivity contribution >= 4 is 28.6 Å². The molecule has 6 rings (SSSR count). The fraction of sp³-hybridized carbons (Fsp3) is 0.161. The molecule has 12 nitrogen and oxygen atoms in total. The first kappa shape index (κ1) is 27.7. The molecule has 2 aromatic heterocycles. The number of nitrogen functional groups attached to an aromatic ring is 1. The summed E-state index contributed by atoms with van der Waals surface area (Å²) in [6, 6.07) is 20.1. The predicted octanol–water partition coefficient (Wildman–Crippen LogP) is 4.25. The molecule has 1 amide bonds. The van der Waals surface area contributed by atoms with E-state index in [1.165, 1.54) is 33.7 Å². The Hall–Kier alpha value is -5.46. The van der Waals surface area contributed by atoms with Crippen LogP contribution in [0.3, 0.4) is 0 Å². The Morgan fingerprint density at radius 3 is 2.47 bits per heavy atom. The number of aromatic nitrogens is 4. The number of rotatable bonds is 9. The molecule has 4 N–H and O–H groups in total. The van der Waals surface area contributed by atoms with Gasteiger partial charge in [-0.1, -0.05) is 6.07 Å². The third-order valence-corrected chi connectivity index (χ3v) is 7.24. The van der Waals surface area contributed by atoms with Gasteiger partial charge >= 0.3 is 5.69 Å². The summed E-state index contributed by atoms with van der Waals surface area (Å²) >= 11 is 0. The van der Waals surface area contributed by atoms with Gasteiger partial charge in [0.2, 0.25) is 5.91 Å². The number of likely N-dealkylation sites (N-methyl/N-ethyl adjacent to an activating group) is 1. The highest BCUT2D eigenvalue weighted by Gasteiger charge is 2.34. The van der Waals surface area contributed by atoms with Crippen molar-refractivity contribution in [3.63, 3.8) is 0 Å². The molecule has 1 fully saturated rings. The van der Waals surface area contributed by atoms with Gasteiger partial charge in [-0.05, 0) is 72.8 Å². The van der Waals surface area contributed by atoms with Crippen LogP contribution in [0.2, 0.25) is 0 Å². The lowest BCUT2D eigenvalue weighted by molar-refractivity contribution is -0.865. The molecule has 2 heterocycles. The van der Waals surface area contributed by atoms with E-state index in [9.17, 15) is 19.9 Å². The molecule has 3 aromatic carbocycles. The number of carbonyl (C=O) groups is 1. The minimum absolute atomic E-state index is 0.111. The molecule has 0 spiro atoms. The fourth-order valence-electron chi connectivity index (χ4n) is 4.88. The van der Waals surface area contributed by atoms with E-state index < -0.39 is 5.69 Å². The second-order valence-corrected chi connectivity index (χ2v) is 10.5. The Labute approximate surface area is 246 Å². The number of phenols is 1. The number of ether oxygens (including phenoxy) is 1. The molecule has 1 atom stereocenters. The van der Waals surface area contributed by atoms with Crippen molar-refractivity contribution in [2.24, 2.45) is 0 Å². The molecule has 1 saturated carbocycles. The third-order valence-electron chi connectivity index (χ3n) is 7.24. The van der Waals surface area contributed by atoms with Gasteiger partial charge in [0.15, 0.2) is 11.5 Å². The summed E-state index contributed by atoms with van der Waals surface area (Å²) < 4.78 is 8.26. The smallest absolute Gasteiger partial charge is 0.339 e. The first-order chi connectivity index (χ1) is 20.7. The average Bonchev–Trinajstić information content (AvgIpc) is 3.80. The van der Waals surface area contributed by atoms with Crippen molar-refractivity contribution in [3.05, 3.63) is 107 Å². The van der Waals surface area contributed by atoms with Crippen molar-refractivity contribution in [1.82, 2.24) is 19.1 Å². The van der Waals surface area contributed by atoms with E-state index in [1.54, 1.807) is 73.8 Å². The number of hydrogen-bond acceptors (Lipinski definition) is 8. The standard InChI is InChI=1S/C31H29N7O5/c1-38(42,23-9-10-23)17-3-6-27(40)35-20-4-2-5-22(18-20)37-30-28(29(32)33-19-34-30)36(31(37)41)21-7-13-25(14-8-21)43-26-15-11-24(39)12-16-26/h2-8,11-16,18-19,23,39H,9-10,17H2,1H3,(H,35,40)(H2,32,33,34)/b6-3+. The molecule has 43 heavy (non-hydrogen) atoms. The second-order valence-electron chi connectivity index (χ2n) is 10.5. The number of carbonyl (C=O) groups excluding carboxylic acids is 1. The van der Waals surface area contributed by atoms with Crippen molar-refractivity contribution in [2.75, 3.05) is 24.6 Å². The van der Waals surface area contributed by atoms with Crippen LogP contribution in [0, 0.1) is 5.21 Å². The molecule has 12 heteroatoms. The number of quaternary nitrogens is 1. The molecule has 0 saturated heterocycles. The molecular weight excluding hydrogens is 550 g/mol. The Morgan fingerprint density at radius 2 is 1.77 bits per heavy atom. The topological polar surface area (TPSA) is 160 Å². The van der Waals surface area contributed by atoms with Gasteiger partial charge in [-0.2, -0.15) is 0 Å². The highest BCUT2D eigenvalue weighted by Crippen LogP contribution is 2.31. The van der Waals surface area contributed by atoms with Crippen LogP contribution >= 0.6 is 0 Å². The Morgan fingerprint density at radius 1 is 1.07 bits per heavy atom. The average molecular weight is 580 g/mol. The lowest BCUT2D eigenvalue weighted by atomic mass is 10.2. The summed E-state index contributed by atoms with van der Waals surface area (Å²) in [7, 11) is 1.62. The van der Waals surface area contributed by atoms with Crippen LogP contribution in [0.25, 0.3) is 22.5 Å². The number of fused-ring (bicyclic) bond motifs is 1. The zero-order chi connectivity index (χ0) is 30.1. The van der Waals surface area contributed by atoms with Crippen molar-refractivity contribution in [3.8, 4) is 28.6 Å². The molecule has 218 valence electrons. The minimum atomic E-state index is -0.439. The van der Waals surface area contributed by atoms with Gasteiger partial charge in [0, 0.05) is 24.6 Å². The maximum Gasteiger partial charge on any atom is 0.339 e. The van der Waals surface area contributed by atoms with Crippen molar-refractivity contribution < 1.29 is 19.3 Å². The zero-order valence-electron chi connectivity index (χ0n) is 23.3. The number of hydroxylamine groups is 3. The Balaban J connectivity index is 1.29. The Bertz CT molecular complexity index is 1890. The number of nitrogens with zero attached hydrogens (tertiary/aromatic N) is 5. The van der Waals surface area contributed by atoms with Gasteiger partial charge < -0.3 is 30.7 Å². The number of nitrogens with two attached hydrogens (primary N) is 1. The molecular formula is C31H29N7O5. The quantitative estimate of drug-likeness (QED) is 0.133. The van der Waals surface area contributed by atoms with Crippen LogP contribution in [0.15, 0.2) is 96.1 Å². The zero-order valence-corrected chi connectivity index (χ0v) is 23.3. The number of benzene rings is 3. The van der Waals surface area contributed by atoms with Gasteiger partial charge in [0.1, 0.15) is 29.1 Å². The summed E-state index contributed by atoms with van der Waals surface area (Å²) in [5.74, 6) is 0.938. The number of hydrogen-bond donors (Lipinski definition) is 3. The normalized spacial score (nSPS) is 14.6. The second kappa shape index (κ2) is 11.1. The number of imidazole rings is 1. The van der Waals surface area contributed by atoms with Crippen LogP contribution in [0.5, 0.6) is 17.2 Å². The van der Waals surface area contributed by atoms with Crippen LogP contribution in [0.4, 0.5) is 11.5 Å². The lowest BCUT2D eigenvalue weighted by Gasteiger charge is -2.38. The maximum atomic E-state index is 13.9. The molecule has 0 radical (unpaired) electrons. The van der Waals surface area contributed by atoms with Crippen LogP contribution < -0.4 is 21.5 Å².